The van der Waals surface area contributed by atoms with Gasteiger partial charge in [0.05, 0.1) is 0 Å². The van der Waals surface area contributed by atoms with Gasteiger partial charge in [-0.1, -0.05) is 54.6 Å². The van der Waals surface area contributed by atoms with Crippen molar-refractivity contribution in [2.45, 2.75) is 26.7 Å². The molecule has 2 aromatic rings. The molecule has 0 radical (unpaired) electrons. The highest BCUT2D eigenvalue weighted by Crippen LogP contribution is 2.38. The summed E-state index contributed by atoms with van der Waals surface area (Å²) in [4.78, 5) is 0. The van der Waals surface area contributed by atoms with E-state index in [4.69, 9.17) is 0 Å². The summed E-state index contributed by atoms with van der Waals surface area (Å²) in [5.41, 5.74) is 3.34. The van der Waals surface area contributed by atoms with Crippen LogP contribution in [0.2, 0.25) is 0 Å². The Morgan fingerprint density at radius 1 is 0.818 bits per heavy atom. The number of hydrogen-bond donors (Lipinski definition) is 2. The highest BCUT2D eigenvalue weighted by Gasteiger charge is 2.14. The van der Waals surface area contributed by atoms with Gasteiger partial charge in [0.25, 0.3) is 0 Å². The van der Waals surface area contributed by atoms with Crippen LogP contribution in [-0.2, 0) is 12.8 Å². The third-order valence-corrected chi connectivity index (χ3v) is 3.71. The van der Waals surface area contributed by atoms with Crippen LogP contribution in [0.5, 0.6) is 11.5 Å². The Hall–Kier alpha value is -2.48. The Morgan fingerprint density at radius 3 is 2.18 bits per heavy atom. The molecule has 2 N–H and O–H groups in total. The largest absolute Gasteiger partial charge is 0.507 e. The zero-order chi connectivity index (χ0) is 15.9. The van der Waals surface area contributed by atoms with Crippen LogP contribution in [0, 0.1) is 0 Å². The van der Waals surface area contributed by atoms with E-state index in [1.807, 2.05) is 56.3 Å². The molecule has 2 aromatic carbocycles. The average molecular weight is 294 g/mol. The normalized spacial score (nSPS) is 11.5. The van der Waals surface area contributed by atoms with Gasteiger partial charge >= 0.3 is 0 Å². The van der Waals surface area contributed by atoms with E-state index in [-0.39, 0.29) is 11.5 Å². The monoisotopic (exact) mass is 294 g/mol. The van der Waals surface area contributed by atoms with Crippen molar-refractivity contribution in [1.82, 2.24) is 0 Å². The Labute approximate surface area is 132 Å². The second-order valence-corrected chi connectivity index (χ2v) is 5.16. The van der Waals surface area contributed by atoms with Crippen molar-refractivity contribution in [3.63, 3.8) is 0 Å². The van der Waals surface area contributed by atoms with Gasteiger partial charge in [-0.3, -0.25) is 0 Å². The lowest BCUT2D eigenvalue weighted by molar-refractivity contribution is 0.465. The van der Waals surface area contributed by atoms with Crippen LogP contribution in [0.25, 0.3) is 11.1 Å². The summed E-state index contributed by atoms with van der Waals surface area (Å²) >= 11 is 0. The minimum Gasteiger partial charge on any atom is -0.507 e. The second-order valence-electron chi connectivity index (χ2n) is 5.16. The number of hydrogen-bond acceptors (Lipinski definition) is 2. The van der Waals surface area contributed by atoms with E-state index >= 15 is 0 Å². The number of phenolic OH excluding ortho intramolecular Hbond substituents is 2. The molecule has 0 saturated heterocycles. The first-order valence-corrected chi connectivity index (χ1v) is 7.53. The standard InChI is InChI=1S/C20H22O2/c1-3-5-9-15-13-14-18(17-11-7-8-12-19(17)21)20(22)16(15)10-6-4-2/h3-8,11-14,21-22H,9-10H2,1-2H3/b5-3+,6-4+. The Morgan fingerprint density at radius 2 is 1.50 bits per heavy atom. The first kappa shape index (κ1) is 15.9. The van der Waals surface area contributed by atoms with E-state index in [1.54, 1.807) is 12.1 Å². The molecule has 0 aliphatic rings. The van der Waals surface area contributed by atoms with Gasteiger partial charge < -0.3 is 10.2 Å². The summed E-state index contributed by atoms with van der Waals surface area (Å²) in [6, 6.07) is 11.0. The van der Waals surface area contributed by atoms with Crippen LogP contribution >= 0.6 is 0 Å². The van der Waals surface area contributed by atoms with Crippen LogP contribution in [0.3, 0.4) is 0 Å². The van der Waals surface area contributed by atoms with Gasteiger partial charge in [-0.05, 0) is 38.3 Å². The minimum atomic E-state index is 0.177. The molecule has 0 bridgehead atoms. The third-order valence-electron chi connectivity index (χ3n) is 3.71. The molecule has 0 spiro atoms. The van der Waals surface area contributed by atoms with Crippen molar-refractivity contribution in [2.24, 2.45) is 0 Å². The maximum atomic E-state index is 10.7. The van der Waals surface area contributed by atoms with Crippen molar-refractivity contribution >= 4 is 0 Å². The van der Waals surface area contributed by atoms with Crippen LogP contribution in [-0.4, -0.2) is 10.2 Å². The molecule has 2 rings (SSSR count). The smallest absolute Gasteiger partial charge is 0.127 e. The Balaban J connectivity index is 2.56. The summed E-state index contributed by atoms with van der Waals surface area (Å²) in [7, 11) is 0. The molecule has 2 nitrogen and oxygen atoms in total. The van der Waals surface area contributed by atoms with Gasteiger partial charge in [0.1, 0.15) is 11.5 Å². The highest BCUT2D eigenvalue weighted by molar-refractivity contribution is 5.77. The van der Waals surface area contributed by atoms with Crippen molar-refractivity contribution in [2.75, 3.05) is 0 Å². The van der Waals surface area contributed by atoms with Crippen molar-refractivity contribution in [1.29, 1.82) is 0 Å². The van der Waals surface area contributed by atoms with Crippen LogP contribution in [0.4, 0.5) is 0 Å². The number of rotatable bonds is 5. The fourth-order valence-corrected chi connectivity index (χ4v) is 2.50. The number of allylic oxidation sites excluding steroid dienone is 4. The molecule has 0 unspecified atom stereocenters. The quantitative estimate of drug-likeness (QED) is 0.762. The number of aromatic hydroxyl groups is 2. The topological polar surface area (TPSA) is 40.5 Å². The number of phenols is 2. The zero-order valence-electron chi connectivity index (χ0n) is 13.1. The van der Waals surface area contributed by atoms with E-state index in [0.29, 0.717) is 17.5 Å². The van der Waals surface area contributed by atoms with Crippen molar-refractivity contribution in [3.8, 4) is 22.6 Å². The number of para-hydroxylation sites is 1. The van der Waals surface area contributed by atoms with Gasteiger partial charge in [-0.15, -0.1) is 0 Å². The molecule has 114 valence electrons. The molecule has 0 aliphatic carbocycles. The predicted octanol–water partition coefficient (Wildman–Crippen LogP) is 5.00. The molecule has 0 aliphatic heterocycles. The van der Waals surface area contributed by atoms with E-state index in [1.165, 1.54) is 0 Å². The maximum Gasteiger partial charge on any atom is 0.127 e. The molecule has 0 amide bonds. The molecule has 0 saturated carbocycles. The van der Waals surface area contributed by atoms with Crippen LogP contribution in [0.15, 0.2) is 60.7 Å². The van der Waals surface area contributed by atoms with Gasteiger partial charge in [0.2, 0.25) is 0 Å². The lowest BCUT2D eigenvalue weighted by Crippen LogP contribution is -1.95. The van der Waals surface area contributed by atoms with Gasteiger partial charge in [0.15, 0.2) is 0 Å². The SMILES string of the molecule is C/C=C/Cc1ccc(-c2ccccc2O)c(O)c1C/C=C/C. The Bertz CT molecular complexity index is 697. The lowest BCUT2D eigenvalue weighted by atomic mass is 9.93. The first-order valence-electron chi connectivity index (χ1n) is 7.53. The average Bonchev–Trinajstić information content (AvgIpc) is 2.53. The fourth-order valence-electron chi connectivity index (χ4n) is 2.50. The minimum absolute atomic E-state index is 0.177. The molecule has 22 heavy (non-hydrogen) atoms. The van der Waals surface area contributed by atoms with Gasteiger partial charge in [-0.2, -0.15) is 0 Å². The fraction of sp³-hybridized carbons (Fsp3) is 0.200. The summed E-state index contributed by atoms with van der Waals surface area (Å²) in [6.45, 7) is 3.96. The number of benzene rings is 2. The molecular formula is C20H22O2. The molecule has 2 heteroatoms. The molecule has 0 fully saturated rings. The molecule has 0 atom stereocenters. The summed E-state index contributed by atoms with van der Waals surface area (Å²) in [6.07, 6.45) is 9.56. The molecule has 0 aromatic heterocycles. The molecular weight excluding hydrogens is 272 g/mol. The third kappa shape index (κ3) is 3.40. The zero-order valence-corrected chi connectivity index (χ0v) is 13.1. The van der Waals surface area contributed by atoms with Gasteiger partial charge in [0, 0.05) is 16.7 Å². The predicted molar refractivity (Wildman–Crippen MR) is 92.2 cm³/mol. The summed E-state index contributed by atoms with van der Waals surface area (Å²) in [5.74, 6) is 0.428. The maximum absolute atomic E-state index is 10.7. The second kappa shape index (κ2) is 7.51. The highest BCUT2D eigenvalue weighted by atomic mass is 16.3. The van der Waals surface area contributed by atoms with E-state index in [9.17, 15) is 10.2 Å². The van der Waals surface area contributed by atoms with E-state index < -0.39 is 0 Å². The Kier molecular flexibility index (Phi) is 5.42. The van der Waals surface area contributed by atoms with Gasteiger partial charge in [-0.25, -0.2) is 0 Å². The lowest BCUT2D eigenvalue weighted by Gasteiger charge is -2.14. The summed E-state index contributed by atoms with van der Waals surface area (Å²) < 4.78 is 0. The van der Waals surface area contributed by atoms with Crippen LogP contribution < -0.4 is 0 Å². The van der Waals surface area contributed by atoms with E-state index in [2.05, 4.69) is 6.08 Å². The first-order chi connectivity index (χ1) is 10.7. The van der Waals surface area contributed by atoms with Crippen molar-refractivity contribution < 1.29 is 10.2 Å². The van der Waals surface area contributed by atoms with E-state index in [0.717, 1.165) is 17.5 Å². The summed E-state index contributed by atoms with van der Waals surface area (Å²) in [5, 5.41) is 20.7. The van der Waals surface area contributed by atoms with Crippen LogP contribution in [0.1, 0.15) is 25.0 Å². The van der Waals surface area contributed by atoms with Crippen molar-refractivity contribution in [3.05, 3.63) is 71.8 Å². The molecule has 0 heterocycles.